The van der Waals surface area contributed by atoms with Crippen molar-refractivity contribution < 1.29 is 0 Å². The molecule has 0 saturated carbocycles. The number of hydrogen-bond acceptors (Lipinski definition) is 4. The van der Waals surface area contributed by atoms with E-state index in [0.717, 1.165) is 25.5 Å². The Hall–Kier alpha value is -2.20. The molecule has 23 heavy (non-hydrogen) atoms. The highest BCUT2D eigenvalue weighted by Gasteiger charge is 2.25. The summed E-state index contributed by atoms with van der Waals surface area (Å²) in [7, 11) is 0. The SMILES string of the molecule is C/C(=C\c1ccccc1)CNC[C@H]1CCCN1c1cccnn1. The summed E-state index contributed by atoms with van der Waals surface area (Å²) in [4.78, 5) is 2.37. The topological polar surface area (TPSA) is 41.0 Å². The van der Waals surface area contributed by atoms with Crippen molar-refractivity contribution >= 4 is 11.9 Å². The molecule has 1 fully saturated rings. The Morgan fingerprint density at radius 2 is 2.13 bits per heavy atom. The predicted octanol–water partition coefficient (Wildman–Crippen LogP) is 3.14. The zero-order valence-electron chi connectivity index (χ0n) is 13.7. The van der Waals surface area contributed by atoms with Gasteiger partial charge in [0.1, 0.15) is 0 Å². The zero-order chi connectivity index (χ0) is 15.9. The van der Waals surface area contributed by atoms with E-state index in [4.69, 9.17) is 0 Å². The summed E-state index contributed by atoms with van der Waals surface area (Å²) in [6.45, 7) is 5.15. The maximum absolute atomic E-state index is 4.25. The van der Waals surface area contributed by atoms with Crippen molar-refractivity contribution in [3.05, 3.63) is 59.8 Å². The maximum Gasteiger partial charge on any atom is 0.151 e. The Morgan fingerprint density at radius 1 is 1.26 bits per heavy atom. The minimum atomic E-state index is 0.510. The summed E-state index contributed by atoms with van der Waals surface area (Å²) < 4.78 is 0. The van der Waals surface area contributed by atoms with Crippen LogP contribution in [0.25, 0.3) is 6.08 Å². The standard InChI is InChI=1S/C19H24N4/c1-16(13-17-7-3-2-4-8-17)14-20-15-18-9-6-12-23(18)19-10-5-11-21-22-19/h2-5,7-8,10-11,13,18,20H,6,9,12,14-15H2,1H3/b16-13+/t18-/m1/s1. The van der Waals surface area contributed by atoms with Crippen molar-refractivity contribution in [3.63, 3.8) is 0 Å². The maximum atomic E-state index is 4.25. The lowest BCUT2D eigenvalue weighted by Crippen LogP contribution is -2.39. The van der Waals surface area contributed by atoms with E-state index in [1.165, 1.54) is 24.0 Å². The van der Waals surface area contributed by atoms with Crippen LogP contribution in [0.3, 0.4) is 0 Å². The second kappa shape index (κ2) is 7.88. The first kappa shape index (κ1) is 15.7. The van der Waals surface area contributed by atoms with Gasteiger partial charge in [-0.2, -0.15) is 5.10 Å². The van der Waals surface area contributed by atoms with Crippen molar-refractivity contribution in [1.82, 2.24) is 15.5 Å². The zero-order valence-corrected chi connectivity index (χ0v) is 13.7. The molecule has 1 saturated heterocycles. The summed E-state index contributed by atoms with van der Waals surface area (Å²) in [6.07, 6.45) is 6.40. The first-order chi connectivity index (χ1) is 11.3. The fourth-order valence-corrected chi connectivity index (χ4v) is 3.12. The summed E-state index contributed by atoms with van der Waals surface area (Å²) in [5.74, 6) is 0.994. The van der Waals surface area contributed by atoms with Crippen LogP contribution in [0.15, 0.2) is 54.2 Å². The van der Waals surface area contributed by atoms with Crippen LogP contribution < -0.4 is 10.2 Å². The molecule has 0 aliphatic carbocycles. The molecule has 1 aliphatic heterocycles. The lowest BCUT2D eigenvalue weighted by molar-refractivity contribution is 0.588. The molecule has 1 N–H and O–H groups in total. The third kappa shape index (κ3) is 4.39. The van der Waals surface area contributed by atoms with Gasteiger partial charge in [-0.25, -0.2) is 0 Å². The largest absolute Gasteiger partial charge is 0.351 e. The van der Waals surface area contributed by atoms with E-state index in [9.17, 15) is 0 Å². The van der Waals surface area contributed by atoms with E-state index in [0.29, 0.717) is 6.04 Å². The molecular formula is C19H24N4. The molecule has 3 rings (SSSR count). The Bertz CT molecular complexity index is 624. The number of nitrogens with zero attached hydrogens (tertiary/aromatic N) is 3. The molecule has 4 nitrogen and oxygen atoms in total. The molecule has 2 heterocycles. The van der Waals surface area contributed by atoms with Gasteiger partial charge in [-0.15, -0.1) is 5.10 Å². The summed E-state index contributed by atoms with van der Waals surface area (Å²) >= 11 is 0. The number of rotatable bonds is 6. The quantitative estimate of drug-likeness (QED) is 0.890. The average Bonchev–Trinajstić information content (AvgIpc) is 3.05. The lowest BCUT2D eigenvalue weighted by Gasteiger charge is -2.25. The second-order valence-corrected chi connectivity index (χ2v) is 6.10. The van der Waals surface area contributed by atoms with Crippen LogP contribution in [-0.4, -0.2) is 35.9 Å². The normalized spacial score (nSPS) is 18.4. The monoisotopic (exact) mass is 308 g/mol. The molecule has 1 atom stereocenters. The molecule has 0 bridgehead atoms. The lowest BCUT2D eigenvalue weighted by atomic mass is 10.1. The van der Waals surface area contributed by atoms with Crippen LogP contribution in [0.5, 0.6) is 0 Å². The van der Waals surface area contributed by atoms with E-state index < -0.39 is 0 Å². The Morgan fingerprint density at radius 3 is 2.91 bits per heavy atom. The number of anilines is 1. The molecule has 0 amide bonds. The highest BCUT2D eigenvalue weighted by molar-refractivity contribution is 5.52. The van der Waals surface area contributed by atoms with Gasteiger partial charge in [-0.1, -0.05) is 42.0 Å². The van der Waals surface area contributed by atoms with Gasteiger partial charge in [-0.3, -0.25) is 0 Å². The van der Waals surface area contributed by atoms with E-state index in [-0.39, 0.29) is 0 Å². The van der Waals surface area contributed by atoms with E-state index in [1.54, 1.807) is 6.20 Å². The summed E-state index contributed by atoms with van der Waals surface area (Å²) in [5.41, 5.74) is 2.61. The summed E-state index contributed by atoms with van der Waals surface area (Å²) in [5, 5.41) is 11.8. The molecule has 4 heteroatoms. The first-order valence-electron chi connectivity index (χ1n) is 8.30. The number of nitrogens with one attached hydrogen (secondary N) is 1. The number of benzene rings is 1. The van der Waals surface area contributed by atoms with Gasteiger partial charge in [-0.05, 0) is 37.5 Å². The van der Waals surface area contributed by atoms with Crippen molar-refractivity contribution in [3.8, 4) is 0 Å². The Labute approximate surface area is 138 Å². The molecule has 1 aliphatic rings. The van der Waals surface area contributed by atoms with Crippen molar-refractivity contribution in [2.24, 2.45) is 0 Å². The molecule has 2 aromatic rings. The van der Waals surface area contributed by atoms with E-state index in [2.05, 4.69) is 57.7 Å². The molecule has 0 spiro atoms. The first-order valence-corrected chi connectivity index (χ1v) is 8.30. The van der Waals surface area contributed by atoms with Crippen LogP contribution in [0.2, 0.25) is 0 Å². The van der Waals surface area contributed by atoms with Crippen LogP contribution in [0, 0.1) is 0 Å². The van der Waals surface area contributed by atoms with E-state index in [1.807, 2.05) is 18.2 Å². The minimum Gasteiger partial charge on any atom is -0.351 e. The van der Waals surface area contributed by atoms with Gasteiger partial charge in [0.15, 0.2) is 5.82 Å². The average molecular weight is 308 g/mol. The highest BCUT2D eigenvalue weighted by Crippen LogP contribution is 2.22. The molecule has 0 unspecified atom stereocenters. The minimum absolute atomic E-state index is 0.510. The molecule has 120 valence electrons. The fraction of sp³-hybridized carbons (Fsp3) is 0.368. The third-order valence-corrected chi connectivity index (χ3v) is 4.23. The van der Waals surface area contributed by atoms with Crippen LogP contribution in [0.1, 0.15) is 25.3 Å². The second-order valence-electron chi connectivity index (χ2n) is 6.10. The van der Waals surface area contributed by atoms with Crippen molar-refractivity contribution in [2.45, 2.75) is 25.8 Å². The predicted molar refractivity (Wildman–Crippen MR) is 95.4 cm³/mol. The van der Waals surface area contributed by atoms with Crippen LogP contribution in [-0.2, 0) is 0 Å². The van der Waals surface area contributed by atoms with Crippen molar-refractivity contribution in [1.29, 1.82) is 0 Å². The summed E-state index contributed by atoms with van der Waals surface area (Å²) in [6, 6.07) is 15.0. The molecular weight excluding hydrogens is 284 g/mol. The fourth-order valence-electron chi connectivity index (χ4n) is 3.12. The number of hydrogen-bond donors (Lipinski definition) is 1. The Kier molecular flexibility index (Phi) is 5.37. The van der Waals surface area contributed by atoms with Gasteiger partial charge >= 0.3 is 0 Å². The molecule has 1 aromatic heterocycles. The third-order valence-electron chi connectivity index (χ3n) is 4.23. The molecule has 1 aromatic carbocycles. The smallest absolute Gasteiger partial charge is 0.151 e. The van der Waals surface area contributed by atoms with Gasteiger partial charge in [0.2, 0.25) is 0 Å². The van der Waals surface area contributed by atoms with Crippen LogP contribution in [0.4, 0.5) is 5.82 Å². The van der Waals surface area contributed by atoms with Crippen LogP contribution >= 0.6 is 0 Å². The van der Waals surface area contributed by atoms with E-state index >= 15 is 0 Å². The van der Waals surface area contributed by atoms with Gasteiger partial charge in [0, 0.05) is 31.9 Å². The molecule has 0 radical (unpaired) electrons. The van der Waals surface area contributed by atoms with Crippen molar-refractivity contribution in [2.75, 3.05) is 24.5 Å². The number of aromatic nitrogens is 2. The van der Waals surface area contributed by atoms with Gasteiger partial charge in [0.25, 0.3) is 0 Å². The Balaban J connectivity index is 1.51. The highest BCUT2D eigenvalue weighted by atomic mass is 15.3. The van der Waals surface area contributed by atoms with Gasteiger partial charge < -0.3 is 10.2 Å². The van der Waals surface area contributed by atoms with Gasteiger partial charge in [0.05, 0.1) is 0 Å².